The average Bonchev–Trinajstić information content (AvgIpc) is 2.70. The van der Waals surface area contributed by atoms with Crippen LogP contribution in [-0.2, 0) is 6.54 Å². The van der Waals surface area contributed by atoms with Crippen LogP contribution >= 0.6 is 0 Å². The maximum absolute atomic E-state index is 4.45. The summed E-state index contributed by atoms with van der Waals surface area (Å²) < 4.78 is 2.12. The Balaban J connectivity index is 2.03. The van der Waals surface area contributed by atoms with Crippen molar-refractivity contribution >= 4 is 5.95 Å². The van der Waals surface area contributed by atoms with E-state index in [1.165, 1.54) is 0 Å². The smallest absolute Gasteiger partial charge is 0.225 e. The van der Waals surface area contributed by atoms with Gasteiger partial charge in [-0.05, 0) is 26.8 Å². The van der Waals surface area contributed by atoms with E-state index in [0.717, 1.165) is 36.3 Å². The van der Waals surface area contributed by atoms with Crippen molar-refractivity contribution in [1.29, 1.82) is 0 Å². The molecular formula is C13H19N5. The first-order chi connectivity index (χ1) is 8.56. The lowest BCUT2D eigenvalue weighted by molar-refractivity contribution is 0.656. The summed E-state index contributed by atoms with van der Waals surface area (Å²) in [5, 5.41) is 0. The molecule has 0 aliphatic rings. The Labute approximate surface area is 108 Å². The minimum absolute atomic E-state index is 0.783. The Hall–Kier alpha value is -1.91. The van der Waals surface area contributed by atoms with Gasteiger partial charge in [0.2, 0.25) is 5.95 Å². The standard InChI is InChI=1S/C13H19N5/c1-10-9-11(2)16-13(15-10)17(4)7-8-18-6-5-14-12(18)3/h5-6,9H,7-8H2,1-4H3. The highest BCUT2D eigenvalue weighted by atomic mass is 15.2. The summed E-state index contributed by atoms with van der Waals surface area (Å²) in [6, 6.07) is 1.98. The van der Waals surface area contributed by atoms with Crippen LogP contribution < -0.4 is 4.90 Å². The van der Waals surface area contributed by atoms with Crippen molar-refractivity contribution in [2.24, 2.45) is 0 Å². The van der Waals surface area contributed by atoms with Crippen LogP contribution in [0.15, 0.2) is 18.5 Å². The molecule has 0 fully saturated rings. The highest BCUT2D eigenvalue weighted by Gasteiger charge is 2.06. The maximum Gasteiger partial charge on any atom is 0.225 e. The van der Waals surface area contributed by atoms with Crippen molar-refractivity contribution in [2.75, 3.05) is 18.5 Å². The second kappa shape index (κ2) is 5.16. The number of nitrogens with zero attached hydrogens (tertiary/aromatic N) is 5. The van der Waals surface area contributed by atoms with Gasteiger partial charge in [0.15, 0.2) is 0 Å². The van der Waals surface area contributed by atoms with Crippen LogP contribution in [0.2, 0.25) is 0 Å². The molecule has 0 amide bonds. The van der Waals surface area contributed by atoms with Gasteiger partial charge in [-0.15, -0.1) is 0 Å². The molecule has 0 saturated heterocycles. The number of aromatic nitrogens is 4. The highest BCUT2D eigenvalue weighted by Crippen LogP contribution is 2.08. The van der Waals surface area contributed by atoms with Gasteiger partial charge in [0.1, 0.15) is 5.82 Å². The van der Waals surface area contributed by atoms with Crippen LogP contribution in [0.1, 0.15) is 17.2 Å². The zero-order valence-corrected chi connectivity index (χ0v) is 11.4. The first-order valence-corrected chi connectivity index (χ1v) is 6.07. The van der Waals surface area contributed by atoms with Crippen LogP contribution in [0, 0.1) is 20.8 Å². The molecule has 0 aliphatic heterocycles. The van der Waals surface area contributed by atoms with Gasteiger partial charge in [-0.2, -0.15) is 0 Å². The molecule has 0 N–H and O–H groups in total. The molecule has 0 spiro atoms. The largest absolute Gasteiger partial charge is 0.342 e. The first-order valence-electron chi connectivity index (χ1n) is 6.07. The third kappa shape index (κ3) is 2.85. The summed E-state index contributed by atoms with van der Waals surface area (Å²) in [6.45, 7) is 7.74. The van der Waals surface area contributed by atoms with E-state index < -0.39 is 0 Å². The van der Waals surface area contributed by atoms with Gasteiger partial charge in [-0.25, -0.2) is 15.0 Å². The second-order valence-electron chi connectivity index (χ2n) is 4.54. The van der Waals surface area contributed by atoms with E-state index in [0.29, 0.717) is 0 Å². The lowest BCUT2D eigenvalue weighted by atomic mass is 10.3. The molecule has 2 rings (SSSR count). The monoisotopic (exact) mass is 245 g/mol. The van der Waals surface area contributed by atoms with E-state index >= 15 is 0 Å². The zero-order valence-electron chi connectivity index (χ0n) is 11.4. The topological polar surface area (TPSA) is 46.8 Å². The fourth-order valence-electron chi connectivity index (χ4n) is 1.88. The molecule has 5 heteroatoms. The molecule has 0 aliphatic carbocycles. The molecule has 0 unspecified atom stereocenters. The molecule has 0 bridgehead atoms. The zero-order chi connectivity index (χ0) is 13.1. The molecule has 0 radical (unpaired) electrons. The first kappa shape index (κ1) is 12.5. The molecular weight excluding hydrogens is 226 g/mol. The van der Waals surface area contributed by atoms with Crippen molar-refractivity contribution in [2.45, 2.75) is 27.3 Å². The number of hydrogen-bond donors (Lipinski definition) is 0. The molecule has 0 aromatic carbocycles. The van der Waals surface area contributed by atoms with Crippen LogP contribution in [-0.4, -0.2) is 33.1 Å². The number of likely N-dealkylation sites (N-methyl/N-ethyl adjacent to an activating group) is 1. The second-order valence-corrected chi connectivity index (χ2v) is 4.54. The summed E-state index contributed by atoms with van der Waals surface area (Å²) in [5.74, 6) is 1.81. The maximum atomic E-state index is 4.45. The fourth-order valence-corrected chi connectivity index (χ4v) is 1.88. The Kier molecular flexibility index (Phi) is 3.60. The molecule has 2 aromatic rings. The average molecular weight is 245 g/mol. The van der Waals surface area contributed by atoms with Gasteiger partial charge in [0.05, 0.1) is 0 Å². The van der Waals surface area contributed by atoms with Crippen LogP contribution in [0.4, 0.5) is 5.95 Å². The van der Waals surface area contributed by atoms with Crippen molar-refractivity contribution < 1.29 is 0 Å². The lowest BCUT2D eigenvalue weighted by Gasteiger charge is -2.18. The normalized spacial score (nSPS) is 10.7. The Morgan fingerprint density at radius 2 is 1.83 bits per heavy atom. The van der Waals surface area contributed by atoms with E-state index in [4.69, 9.17) is 0 Å². The highest BCUT2D eigenvalue weighted by molar-refractivity contribution is 5.30. The van der Waals surface area contributed by atoms with E-state index in [1.807, 2.05) is 46.3 Å². The minimum Gasteiger partial charge on any atom is -0.342 e. The number of aryl methyl sites for hydroxylation is 3. The summed E-state index contributed by atoms with van der Waals surface area (Å²) >= 11 is 0. The summed E-state index contributed by atoms with van der Waals surface area (Å²) in [4.78, 5) is 15.2. The minimum atomic E-state index is 0.783. The van der Waals surface area contributed by atoms with E-state index in [2.05, 4.69) is 24.4 Å². The van der Waals surface area contributed by atoms with E-state index in [1.54, 1.807) is 0 Å². The van der Waals surface area contributed by atoms with Gasteiger partial charge in [0, 0.05) is 43.9 Å². The van der Waals surface area contributed by atoms with Gasteiger partial charge in [-0.3, -0.25) is 0 Å². The van der Waals surface area contributed by atoms with Gasteiger partial charge in [-0.1, -0.05) is 0 Å². The fraction of sp³-hybridized carbons (Fsp3) is 0.462. The third-order valence-corrected chi connectivity index (χ3v) is 2.91. The SMILES string of the molecule is Cc1cc(C)nc(N(C)CCn2ccnc2C)n1. The molecule has 18 heavy (non-hydrogen) atoms. The van der Waals surface area contributed by atoms with Crippen LogP contribution in [0.3, 0.4) is 0 Å². The van der Waals surface area contributed by atoms with Gasteiger partial charge in [0.25, 0.3) is 0 Å². The molecule has 0 atom stereocenters. The van der Waals surface area contributed by atoms with E-state index in [-0.39, 0.29) is 0 Å². The quantitative estimate of drug-likeness (QED) is 0.823. The van der Waals surface area contributed by atoms with Gasteiger partial charge >= 0.3 is 0 Å². The number of anilines is 1. The number of imidazole rings is 1. The Bertz CT molecular complexity index is 512. The predicted molar refractivity (Wildman–Crippen MR) is 71.7 cm³/mol. The Morgan fingerprint density at radius 1 is 1.17 bits per heavy atom. The van der Waals surface area contributed by atoms with Gasteiger partial charge < -0.3 is 9.47 Å². The molecule has 96 valence electrons. The summed E-state index contributed by atoms with van der Waals surface area (Å²) in [6.07, 6.45) is 3.81. The summed E-state index contributed by atoms with van der Waals surface area (Å²) in [5.41, 5.74) is 2.01. The van der Waals surface area contributed by atoms with Crippen LogP contribution in [0.5, 0.6) is 0 Å². The number of hydrogen-bond acceptors (Lipinski definition) is 4. The van der Waals surface area contributed by atoms with Crippen molar-refractivity contribution in [1.82, 2.24) is 19.5 Å². The molecule has 2 heterocycles. The Morgan fingerprint density at radius 3 is 2.39 bits per heavy atom. The van der Waals surface area contributed by atoms with E-state index in [9.17, 15) is 0 Å². The van der Waals surface area contributed by atoms with Crippen molar-refractivity contribution in [3.63, 3.8) is 0 Å². The molecule has 0 saturated carbocycles. The van der Waals surface area contributed by atoms with Crippen LogP contribution in [0.25, 0.3) is 0 Å². The number of rotatable bonds is 4. The third-order valence-electron chi connectivity index (χ3n) is 2.91. The van der Waals surface area contributed by atoms with Crippen molar-refractivity contribution in [3.05, 3.63) is 35.7 Å². The molecule has 2 aromatic heterocycles. The lowest BCUT2D eigenvalue weighted by Crippen LogP contribution is -2.25. The predicted octanol–water partition coefficient (Wildman–Crippen LogP) is 1.73. The van der Waals surface area contributed by atoms with Crippen molar-refractivity contribution in [3.8, 4) is 0 Å². The summed E-state index contributed by atoms with van der Waals surface area (Å²) in [7, 11) is 2.01. The molecule has 5 nitrogen and oxygen atoms in total.